The van der Waals surface area contributed by atoms with Crippen molar-refractivity contribution in [1.82, 2.24) is 9.97 Å². The van der Waals surface area contributed by atoms with Crippen molar-refractivity contribution in [3.05, 3.63) is 53.2 Å². The molecule has 0 aliphatic heterocycles. The molecule has 0 atom stereocenters. The molecular weight excluding hydrogens is 409 g/mol. The van der Waals surface area contributed by atoms with E-state index in [0.717, 1.165) is 10.9 Å². The lowest BCUT2D eigenvalue weighted by Gasteiger charge is -2.18. The summed E-state index contributed by atoms with van der Waals surface area (Å²) in [5.41, 5.74) is 8.71. The van der Waals surface area contributed by atoms with Crippen molar-refractivity contribution in [1.29, 1.82) is 0 Å². The van der Waals surface area contributed by atoms with Gasteiger partial charge >= 0.3 is 0 Å². The molecule has 3 aromatic rings. The van der Waals surface area contributed by atoms with Gasteiger partial charge in [-0.1, -0.05) is 23.7 Å². The lowest BCUT2D eigenvalue weighted by Crippen LogP contribution is -2.14. The minimum Gasteiger partial charge on any atom is -0.495 e. The molecule has 1 aromatic heterocycles. The SMILES string of the molecule is COc1ccc(N)cc1Nc1ncc(Cl)c(Nc2cccc(C)c2P(C)(C)=O)n1. The van der Waals surface area contributed by atoms with E-state index in [4.69, 9.17) is 22.1 Å². The average molecular weight is 432 g/mol. The minimum absolute atomic E-state index is 0.311. The smallest absolute Gasteiger partial charge is 0.229 e. The van der Waals surface area contributed by atoms with Crippen molar-refractivity contribution in [2.75, 3.05) is 36.8 Å². The van der Waals surface area contributed by atoms with Crippen molar-refractivity contribution >= 4 is 52.9 Å². The highest BCUT2D eigenvalue weighted by Crippen LogP contribution is 2.40. The van der Waals surface area contributed by atoms with E-state index in [-0.39, 0.29) is 0 Å². The molecule has 0 amide bonds. The standard InChI is InChI=1S/C20H23ClN5O2P/c1-12-6-5-7-15(18(12)29(3,4)27)24-19-14(21)11-23-20(26-19)25-16-10-13(22)8-9-17(16)28-2/h5-11H,22H2,1-4H3,(H2,23,24,25,26). The Morgan fingerprint density at radius 3 is 2.59 bits per heavy atom. The van der Waals surface area contributed by atoms with E-state index < -0.39 is 7.14 Å². The molecule has 7 nitrogen and oxygen atoms in total. The number of halogens is 1. The molecule has 0 radical (unpaired) electrons. The minimum atomic E-state index is -2.52. The summed E-state index contributed by atoms with van der Waals surface area (Å²) in [7, 11) is -0.954. The van der Waals surface area contributed by atoms with E-state index in [1.54, 1.807) is 38.6 Å². The van der Waals surface area contributed by atoms with Crippen LogP contribution in [0.15, 0.2) is 42.6 Å². The van der Waals surface area contributed by atoms with Crippen LogP contribution in [0.1, 0.15) is 5.56 Å². The van der Waals surface area contributed by atoms with Gasteiger partial charge in [0.15, 0.2) is 5.82 Å². The predicted molar refractivity (Wildman–Crippen MR) is 121 cm³/mol. The number of ether oxygens (including phenoxy) is 1. The van der Waals surface area contributed by atoms with Crippen molar-refractivity contribution < 1.29 is 9.30 Å². The Morgan fingerprint density at radius 1 is 1.14 bits per heavy atom. The molecule has 0 aliphatic carbocycles. The number of nitrogens with one attached hydrogen (secondary N) is 2. The van der Waals surface area contributed by atoms with Crippen LogP contribution in [-0.4, -0.2) is 30.4 Å². The molecule has 2 aromatic carbocycles. The van der Waals surface area contributed by atoms with Crippen LogP contribution in [0.4, 0.5) is 28.8 Å². The van der Waals surface area contributed by atoms with Crippen LogP contribution in [0.3, 0.4) is 0 Å². The largest absolute Gasteiger partial charge is 0.495 e. The summed E-state index contributed by atoms with van der Waals surface area (Å²) in [4.78, 5) is 8.69. The van der Waals surface area contributed by atoms with Gasteiger partial charge in [-0.2, -0.15) is 4.98 Å². The monoisotopic (exact) mass is 431 g/mol. The number of nitrogens with zero attached hydrogens (tertiary/aromatic N) is 2. The van der Waals surface area contributed by atoms with Gasteiger partial charge in [-0.3, -0.25) is 0 Å². The number of aryl methyl sites for hydroxylation is 1. The number of hydrogen-bond acceptors (Lipinski definition) is 7. The summed E-state index contributed by atoms with van der Waals surface area (Å²) >= 11 is 6.31. The Hall–Kier alpha value is -2.76. The summed E-state index contributed by atoms with van der Waals surface area (Å²) in [6.45, 7) is 5.41. The van der Waals surface area contributed by atoms with Gasteiger partial charge in [0.25, 0.3) is 0 Å². The summed E-state index contributed by atoms with van der Waals surface area (Å²) < 4.78 is 18.1. The van der Waals surface area contributed by atoms with Gasteiger partial charge in [0.05, 0.1) is 24.7 Å². The maximum Gasteiger partial charge on any atom is 0.229 e. The fraction of sp³-hybridized carbons (Fsp3) is 0.200. The van der Waals surface area contributed by atoms with Gasteiger partial charge in [-0.25, -0.2) is 4.98 Å². The van der Waals surface area contributed by atoms with Crippen molar-refractivity contribution in [2.45, 2.75) is 6.92 Å². The lowest BCUT2D eigenvalue weighted by molar-refractivity contribution is 0.417. The van der Waals surface area contributed by atoms with Crippen LogP contribution < -0.4 is 26.4 Å². The predicted octanol–water partition coefficient (Wildman–Crippen LogP) is 4.76. The molecule has 0 saturated carbocycles. The van der Waals surface area contributed by atoms with E-state index >= 15 is 0 Å². The fourth-order valence-electron chi connectivity index (χ4n) is 3.06. The number of benzene rings is 2. The molecule has 0 spiro atoms. The van der Waals surface area contributed by atoms with E-state index in [1.165, 1.54) is 6.20 Å². The normalized spacial score (nSPS) is 11.2. The van der Waals surface area contributed by atoms with Crippen LogP contribution in [-0.2, 0) is 4.57 Å². The second-order valence-electron chi connectivity index (χ2n) is 6.92. The summed E-state index contributed by atoms with van der Waals surface area (Å²) in [5.74, 6) is 1.31. The Morgan fingerprint density at radius 2 is 1.90 bits per heavy atom. The Kier molecular flexibility index (Phi) is 6.01. The Balaban J connectivity index is 1.97. The Labute approximate surface area is 175 Å². The van der Waals surface area contributed by atoms with Gasteiger partial charge in [0.2, 0.25) is 5.95 Å². The van der Waals surface area contributed by atoms with Gasteiger partial charge in [0, 0.05) is 11.0 Å². The molecule has 3 rings (SSSR count). The molecule has 152 valence electrons. The first kappa shape index (κ1) is 21.0. The maximum absolute atomic E-state index is 12.8. The first-order valence-electron chi connectivity index (χ1n) is 8.84. The van der Waals surface area contributed by atoms with Gasteiger partial charge in [-0.15, -0.1) is 0 Å². The van der Waals surface area contributed by atoms with Crippen molar-refractivity contribution in [3.63, 3.8) is 0 Å². The number of nitrogens with two attached hydrogens (primary N) is 1. The zero-order chi connectivity index (χ0) is 21.2. The number of methoxy groups -OCH3 is 1. The molecular formula is C20H23ClN5O2P. The van der Waals surface area contributed by atoms with Gasteiger partial charge in [0.1, 0.15) is 17.9 Å². The van der Waals surface area contributed by atoms with Gasteiger partial charge in [-0.05, 0) is 50.1 Å². The summed E-state index contributed by atoms with van der Waals surface area (Å²) in [6, 6.07) is 10.9. The molecule has 0 bridgehead atoms. The third-order valence-electron chi connectivity index (χ3n) is 4.24. The summed E-state index contributed by atoms with van der Waals surface area (Å²) in [6.07, 6.45) is 1.49. The quantitative estimate of drug-likeness (QED) is 0.381. The first-order chi connectivity index (χ1) is 13.7. The molecule has 0 aliphatic rings. The number of anilines is 5. The topological polar surface area (TPSA) is 102 Å². The van der Waals surface area contributed by atoms with Crippen LogP contribution in [0.2, 0.25) is 5.02 Å². The molecule has 0 saturated heterocycles. The number of hydrogen-bond donors (Lipinski definition) is 3. The molecule has 9 heteroatoms. The highest BCUT2D eigenvalue weighted by Gasteiger charge is 2.20. The average Bonchev–Trinajstić information content (AvgIpc) is 2.63. The van der Waals surface area contributed by atoms with E-state index in [1.807, 2.05) is 25.1 Å². The highest BCUT2D eigenvalue weighted by molar-refractivity contribution is 7.70. The second kappa shape index (κ2) is 8.31. The zero-order valence-corrected chi connectivity index (χ0v) is 18.3. The van der Waals surface area contributed by atoms with Crippen LogP contribution in [0, 0.1) is 6.92 Å². The number of nitrogen functional groups attached to an aromatic ring is 1. The van der Waals surface area contributed by atoms with Crippen LogP contribution in [0.5, 0.6) is 5.75 Å². The van der Waals surface area contributed by atoms with Crippen molar-refractivity contribution in [2.24, 2.45) is 0 Å². The summed E-state index contributed by atoms with van der Waals surface area (Å²) in [5, 5.41) is 7.40. The maximum atomic E-state index is 12.8. The molecule has 0 fully saturated rings. The van der Waals surface area contributed by atoms with Gasteiger partial charge < -0.3 is 25.7 Å². The number of rotatable bonds is 6. The van der Waals surface area contributed by atoms with Crippen molar-refractivity contribution in [3.8, 4) is 5.75 Å². The first-order valence-corrected chi connectivity index (χ1v) is 11.8. The lowest BCUT2D eigenvalue weighted by atomic mass is 10.2. The van der Waals surface area contributed by atoms with Crippen LogP contribution in [0.25, 0.3) is 0 Å². The highest BCUT2D eigenvalue weighted by atomic mass is 35.5. The second-order valence-corrected chi connectivity index (χ2v) is 10.5. The van der Waals surface area contributed by atoms with E-state index in [2.05, 4.69) is 20.6 Å². The fourth-order valence-corrected chi connectivity index (χ4v) is 4.83. The third kappa shape index (κ3) is 4.81. The molecule has 0 unspecified atom stereocenters. The molecule has 29 heavy (non-hydrogen) atoms. The number of aromatic nitrogens is 2. The van der Waals surface area contributed by atoms with E-state index in [0.29, 0.717) is 39.6 Å². The Bertz CT molecular complexity index is 1100. The molecule has 1 heterocycles. The van der Waals surface area contributed by atoms with Crippen LogP contribution >= 0.6 is 18.7 Å². The van der Waals surface area contributed by atoms with E-state index in [9.17, 15) is 4.57 Å². The molecule has 4 N–H and O–H groups in total. The third-order valence-corrected chi connectivity index (χ3v) is 6.19. The zero-order valence-electron chi connectivity index (χ0n) is 16.7.